The van der Waals surface area contributed by atoms with Crippen molar-refractivity contribution >= 4 is 11.6 Å². The monoisotopic (exact) mass is 282 g/mol. The van der Waals surface area contributed by atoms with Gasteiger partial charge in [0.05, 0.1) is 6.61 Å². The molecule has 1 heterocycles. The predicted molar refractivity (Wildman–Crippen MR) is 80.1 cm³/mol. The standard InChI is InChI=1S/C15H23ClN2O/c1-17-14-7-10-18(11-8-14)9-2-12-19-15-5-3-13(16)4-6-15/h3-6,14,17H,2,7-12H2,1H3. The van der Waals surface area contributed by atoms with Crippen LogP contribution in [0.3, 0.4) is 0 Å². The van der Waals surface area contributed by atoms with Crippen LogP contribution < -0.4 is 10.1 Å². The highest BCUT2D eigenvalue weighted by atomic mass is 35.5. The van der Waals surface area contributed by atoms with Crippen LogP contribution in [0.1, 0.15) is 19.3 Å². The summed E-state index contributed by atoms with van der Waals surface area (Å²) in [6, 6.07) is 8.27. The third-order valence-corrected chi connectivity index (χ3v) is 3.95. The fraction of sp³-hybridized carbons (Fsp3) is 0.600. The van der Waals surface area contributed by atoms with E-state index in [0.717, 1.165) is 30.3 Å². The lowest BCUT2D eigenvalue weighted by atomic mass is 10.1. The number of rotatable bonds is 6. The van der Waals surface area contributed by atoms with Crippen molar-refractivity contribution in [3.8, 4) is 5.75 Å². The molecule has 0 saturated carbocycles. The van der Waals surface area contributed by atoms with E-state index in [1.165, 1.54) is 25.9 Å². The summed E-state index contributed by atoms with van der Waals surface area (Å²) in [4.78, 5) is 2.53. The highest BCUT2D eigenvalue weighted by molar-refractivity contribution is 6.30. The molecule has 3 nitrogen and oxygen atoms in total. The highest BCUT2D eigenvalue weighted by Gasteiger charge is 2.16. The zero-order valence-electron chi connectivity index (χ0n) is 11.6. The summed E-state index contributed by atoms with van der Waals surface area (Å²) in [7, 11) is 2.06. The molecule has 0 radical (unpaired) electrons. The molecule has 2 rings (SSSR count). The summed E-state index contributed by atoms with van der Waals surface area (Å²) in [5.74, 6) is 0.901. The van der Waals surface area contributed by atoms with Crippen LogP contribution in [0.4, 0.5) is 0 Å². The second-order valence-electron chi connectivity index (χ2n) is 5.06. The Labute approximate surface area is 120 Å². The van der Waals surface area contributed by atoms with Gasteiger partial charge in [-0.2, -0.15) is 0 Å². The third kappa shape index (κ3) is 5.01. The number of piperidine rings is 1. The van der Waals surface area contributed by atoms with Crippen LogP contribution in [0.15, 0.2) is 24.3 Å². The summed E-state index contributed by atoms with van der Waals surface area (Å²) in [5.41, 5.74) is 0. The molecule has 0 aromatic heterocycles. The quantitative estimate of drug-likeness (QED) is 0.812. The highest BCUT2D eigenvalue weighted by Crippen LogP contribution is 2.16. The molecule has 0 amide bonds. The lowest BCUT2D eigenvalue weighted by Crippen LogP contribution is -2.41. The Morgan fingerprint density at radius 3 is 2.58 bits per heavy atom. The van der Waals surface area contributed by atoms with Crippen molar-refractivity contribution in [2.24, 2.45) is 0 Å². The fourth-order valence-electron chi connectivity index (χ4n) is 2.45. The van der Waals surface area contributed by atoms with Gasteiger partial charge in [0.1, 0.15) is 5.75 Å². The van der Waals surface area contributed by atoms with E-state index in [9.17, 15) is 0 Å². The second-order valence-corrected chi connectivity index (χ2v) is 5.50. The average Bonchev–Trinajstić information content (AvgIpc) is 2.46. The molecule has 1 fully saturated rings. The van der Waals surface area contributed by atoms with E-state index in [4.69, 9.17) is 16.3 Å². The molecule has 0 aliphatic carbocycles. The molecular weight excluding hydrogens is 260 g/mol. The van der Waals surface area contributed by atoms with Crippen molar-refractivity contribution in [1.29, 1.82) is 0 Å². The summed E-state index contributed by atoms with van der Waals surface area (Å²) >= 11 is 5.83. The smallest absolute Gasteiger partial charge is 0.119 e. The molecule has 1 aromatic rings. The molecule has 1 aromatic carbocycles. The first-order chi connectivity index (χ1) is 9.28. The number of benzene rings is 1. The molecule has 1 aliphatic heterocycles. The number of hydrogen-bond acceptors (Lipinski definition) is 3. The molecule has 0 bridgehead atoms. The van der Waals surface area contributed by atoms with E-state index in [-0.39, 0.29) is 0 Å². The van der Waals surface area contributed by atoms with E-state index in [1.54, 1.807) is 0 Å². The molecule has 1 N–H and O–H groups in total. The van der Waals surface area contributed by atoms with Crippen LogP contribution in [0, 0.1) is 0 Å². The van der Waals surface area contributed by atoms with E-state index >= 15 is 0 Å². The molecule has 0 spiro atoms. The van der Waals surface area contributed by atoms with Gasteiger partial charge in [-0.05, 0) is 63.7 Å². The van der Waals surface area contributed by atoms with E-state index in [2.05, 4.69) is 17.3 Å². The van der Waals surface area contributed by atoms with Gasteiger partial charge in [-0.15, -0.1) is 0 Å². The Morgan fingerprint density at radius 2 is 1.95 bits per heavy atom. The largest absolute Gasteiger partial charge is 0.494 e. The van der Waals surface area contributed by atoms with E-state index in [1.807, 2.05) is 24.3 Å². The van der Waals surface area contributed by atoms with Gasteiger partial charge >= 0.3 is 0 Å². The maximum absolute atomic E-state index is 5.83. The zero-order valence-corrected chi connectivity index (χ0v) is 12.3. The first-order valence-electron chi connectivity index (χ1n) is 7.06. The van der Waals surface area contributed by atoms with Gasteiger partial charge in [0.15, 0.2) is 0 Å². The maximum Gasteiger partial charge on any atom is 0.119 e. The minimum absolute atomic E-state index is 0.710. The maximum atomic E-state index is 5.83. The summed E-state index contributed by atoms with van der Waals surface area (Å²) in [6.45, 7) is 4.30. The zero-order chi connectivity index (χ0) is 13.5. The topological polar surface area (TPSA) is 24.5 Å². The molecule has 106 valence electrons. The molecule has 1 aliphatic rings. The van der Waals surface area contributed by atoms with Gasteiger partial charge in [0.2, 0.25) is 0 Å². The first kappa shape index (κ1) is 14.6. The molecule has 1 saturated heterocycles. The molecule has 0 atom stereocenters. The Hall–Kier alpha value is -0.770. The third-order valence-electron chi connectivity index (χ3n) is 3.70. The first-order valence-corrected chi connectivity index (χ1v) is 7.43. The van der Waals surface area contributed by atoms with E-state index in [0.29, 0.717) is 6.04 Å². The number of halogens is 1. The SMILES string of the molecule is CNC1CCN(CCCOc2ccc(Cl)cc2)CC1. The van der Waals surface area contributed by atoms with Gasteiger partial charge in [0.25, 0.3) is 0 Å². The Kier molecular flexibility index (Phi) is 5.95. The van der Waals surface area contributed by atoms with Crippen molar-refractivity contribution in [1.82, 2.24) is 10.2 Å². The van der Waals surface area contributed by atoms with Crippen LogP contribution in [-0.2, 0) is 0 Å². The Bertz CT molecular complexity index is 361. The summed E-state index contributed by atoms with van der Waals surface area (Å²) < 4.78 is 5.70. The van der Waals surface area contributed by atoms with Gasteiger partial charge in [-0.1, -0.05) is 11.6 Å². The van der Waals surface area contributed by atoms with Crippen LogP contribution in [0.5, 0.6) is 5.75 Å². The van der Waals surface area contributed by atoms with Crippen molar-refractivity contribution in [2.45, 2.75) is 25.3 Å². The van der Waals surface area contributed by atoms with Crippen LogP contribution in [0.2, 0.25) is 5.02 Å². The van der Waals surface area contributed by atoms with Gasteiger partial charge in [-0.3, -0.25) is 0 Å². The number of nitrogens with one attached hydrogen (secondary N) is 1. The fourth-order valence-corrected chi connectivity index (χ4v) is 2.58. The Morgan fingerprint density at radius 1 is 1.26 bits per heavy atom. The van der Waals surface area contributed by atoms with Gasteiger partial charge < -0.3 is 15.0 Å². The Balaban J connectivity index is 1.58. The lowest BCUT2D eigenvalue weighted by molar-refractivity contribution is 0.185. The summed E-state index contributed by atoms with van der Waals surface area (Å²) in [6.07, 6.45) is 3.59. The molecular formula is C15H23ClN2O. The van der Waals surface area contributed by atoms with Crippen molar-refractivity contribution in [2.75, 3.05) is 33.3 Å². The molecule has 19 heavy (non-hydrogen) atoms. The van der Waals surface area contributed by atoms with Crippen molar-refractivity contribution in [3.63, 3.8) is 0 Å². The average molecular weight is 283 g/mol. The molecule has 4 heteroatoms. The van der Waals surface area contributed by atoms with Gasteiger partial charge in [-0.25, -0.2) is 0 Å². The van der Waals surface area contributed by atoms with Crippen molar-refractivity contribution in [3.05, 3.63) is 29.3 Å². The minimum Gasteiger partial charge on any atom is -0.494 e. The normalized spacial score (nSPS) is 17.6. The summed E-state index contributed by atoms with van der Waals surface area (Å²) in [5, 5.41) is 4.11. The van der Waals surface area contributed by atoms with Crippen LogP contribution >= 0.6 is 11.6 Å². The lowest BCUT2D eigenvalue weighted by Gasteiger charge is -2.31. The predicted octanol–water partition coefficient (Wildman–Crippen LogP) is 2.79. The number of likely N-dealkylation sites (tertiary alicyclic amines) is 1. The molecule has 0 unspecified atom stereocenters. The van der Waals surface area contributed by atoms with Crippen molar-refractivity contribution < 1.29 is 4.74 Å². The second kappa shape index (κ2) is 7.73. The minimum atomic E-state index is 0.710. The number of hydrogen-bond donors (Lipinski definition) is 1. The van der Waals surface area contributed by atoms with E-state index < -0.39 is 0 Å². The van der Waals surface area contributed by atoms with Crippen LogP contribution in [0.25, 0.3) is 0 Å². The van der Waals surface area contributed by atoms with Crippen LogP contribution in [-0.4, -0.2) is 44.2 Å². The van der Waals surface area contributed by atoms with Gasteiger partial charge in [0, 0.05) is 17.6 Å². The number of ether oxygens (including phenoxy) is 1. The number of nitrogens with zero attached hydrogens (tertiary/aromatic N) is 1.